The number of carbonyl (C=O) groups excluding carboxylic acids is 1. The Morgan fingerprint density at radius 2 is 2.36 bits per heavy atom. The summed E-state index contributed by atoms with van der Waals surface area (Å²) in [7, 11) is 0. The molecule has 1 unspecified atom stereocenters. The average Bonchev–Trinajstić information content (AvgIpc) is 2.37. The van der Waals surface area contributed by atoms with E-state index in [0.29, 0.717) is 0 Å². The molecular weight excluding hydrogens is 140 g/mol. The monoisotopic (exact) mass is 154 g/mol. The van der Waals surface area contributed by atoms with Crippen molar-refractivity contribution in [2.75, 3.05) is 6.61 Å². The third kappa shape index (κ3) is 2.46. The minimum Gasteiger partial charge on any atom is -0.396 e. The van der Waals surface area contributed by atoms with Crippen molar-refractivity contribution in [3.8, 4) is 0 Å². The second-order valence-electron chi connectivity index (χ2n) is 2.96. The van der Waals surface area contributed by atoms with Gasteiger partial charge in [-0.2, -0.15) is 0 Å². The second kappa shape index (κ2) is 4.29. The van der Waals surface area contributed by atoms with Crippen LogP contribution in [-0.4, -0.2) is 17.5 Å². The molecule has 1 N–H and O–H groups in total. The fourth-order valence-corrected chi connectivity index (χ4v) is 1.36. The molecule has 0 fully saturated rings. The highest BCUT2D eigenvalue weighted by Crippen LogP contribution is 2.20. The van der Waals surface area contributed by atoms with Crippen LogP contribution < -0.4 is 0 Å². The van der Waals surface area contributed by atoms with Crippen molar-refractivity contribution in [2.24, 2.45) is 5.92 Å². The number of allylic oxidation sites excluding steroid dienone is 2. The van der Waals surface area contributed by atoms with Gasteiger partial charge in [-0.05, 0) is 25.3 Å². The normalized spacial score (nSPS) is 23.0. The summed E-state index contributed by atoms with van der Waals surface area (Å²) in [6.07, 6.45) is 7.24. The van der Waals surface area contributed by atoms with Gasteiger partial charge in [0.25, 0.3) is 0 Å². The summed E-state index contributed by atoms with van der Waals surface area (Å²) in [4.78, 5) is 11.0. The molecule has 11 heavy (non-hydrogen) atoms. The zero-order valence-electron chi connectivity index (χ0n) is 6.62. The predicted octanol–water partition coefficient (Wildman–Crippen LogP) is 1.29. The average molecular weight is 154 g/mol. The van der Waals surface area contributed by atoms with E-state index in [9.17, 15) is 4.79 Å². The first-order chi connectivity index (χ1) is 5.34. The number of hydrogen-bond donors (Lipinski definition) is 1. The van der Waals surface area contributed by atoms with Crippen LogP contribution in [0.2, 0.25) is 0 Å². The van der Waals surface area contributed by atoms with Crippen molar-refractivity contribution in [3.05, 3.63) is 12.2 Å². The molecule has 0 aromatic carbocycles. The molecular formula is C9H14O2. The smallest absolute Gasteiger partial charge is 0.158 e. The summed E-state index contributed by atoms with van der Waals surface area (Å²) in [6.45, 7) is 0.244. The maximum Gasteiger partial charge on any atom is 0.158 e. The van der Waals surface area contributed by atoms with Crippen LogP contribution in [0.3, 0.4) is 0 Å². The lowest BCUT2D eigenvalue weighted by Gasteiger charge is -2.05. The van der Waals surface area contributed by atoms with Gasteiger partial charge in [0.1, 0.15) is 0 Å². The summed E-state index contributed by atoms with van der Waals surface area (Å²) >= 11 is 0. The Bertz CT molecular complexity index is 161. The molecule has 62 valence electrons. The predicted molar refractivity (Wildman–Crippen MR) is 43.2 cm³/mol. The highest BCUT2D eigenvalue weighted by Gasteiger charge is 2.18. The van der Waals surface area contributed by atoms with Gasteiger partial charge in [0.05, 0.1) is 0 Å². The number of carbonyl (C=O) groups is 1. The van der Waals surface area contributed by atoms with Gasteiger partial charge in [-0.25, -0.2) is 0 Å². The van der Waals surface area contributed by atoms with E-state index in [1.807, 2.05) is 6.08 Å². The SMILES string of the molecule is O=C1C=CCC1CCCCO. The van der Waals surface area contributed by atoms with Gasteiger partial charge in [0.15, 0.2) is 5.78 Å². The quantitative estimate of drug-likeness (QED) is 0.619. The Hall–Kier alpha value is -0.630. The van der Waals surface area contributed by atoms with E-state index in [4.69, 9.17) is 5.11 Å². The van der Waals surface area contributed by atoms with Crippen LogP contribution in [0.25, 0.3) is 0 Å². The van der Waals surface area contributed by atoms with Crippen molar-refractivity contribution in [2.45, 2.75) is 25.7 Å². The van der Waals surface area contributed by atoms with Crippen molar-refractivity contribution in [1.82, 2.24) is 0 Å². The van der Waals surface area contributed by atoms with Crippen molar-refractivity contribution in [3.63, 3.8) is 0 Å². The van der Waals surface area contributed by atoms with Crippen LogP contribution in [0.5, 0.6) is 0 Å². The van der Waals surface area contributed by atoms with Crippen molar-refractivity contribution >= 4 is 5.78 Å². The Morgan fingerprint density at radius 1 is 1.55 bits per heavy atom. The van der Waals surface area contributed by atoms with Crippen LogP contribution >= 0.6 is 0 Å². The van der Waals surface area contributed by atoms with Gasteiger partial charge < -0.3 is 5.11 Å². The first-order valence-corrected chi connectivity index (χ1v) is 4.16. The lowest BCUT2D eigenvalue weighted by Crippen LogP contribution is -2.06. The largest absolute Gasteiger partial charge is 0.396 e. The lowest BCUT2D eigenvalue weighted by atomic mass is 9.99. The molecule has 1 atom stereocenters. The maximum atomic E-state index is 11.0. The minimum atomic E-state index is 0.224. The summed E-state index contributed by atoms with van der Waals surface area (Å²) in [5.41, 5.74) is 0. The first-order valence-electron chi connectivity index (χ1n) is 4.16. The highest BCUT2D eigenvalue weighted by molar-refractivity contribution is 5.93. The molecule has 0 saturated carbocycles. The molecule has 0 radical (unpaired) electrons. The number of rotatable bonds is 4. The van der Waals surface area contributed by atoms with Crippen molar-refractivity contribution in [1.29, 1.82) is 0 Å². The standard InChI is InChI=1S/C9H14O2/c10-7-2-1-4-8-5-3-6-9(8)11/h3,6,8,10H,1-2,4-5,7H2. The van der Waals surface area contributed by atoms with Crippen LogP contribution in [0.15, 0.2) is 12.2 Å². The number of unbranched alkanes of at least 4 members (excludes halogenated alkanes) is 1. The third-order valence-corrected chi connectivity index (χ3v) is 2.07. The zero-order chi connectivity index (χ0) is 8.10. The highest BCUT2D eigenvalue weighted by atomic mass is 16.2. The fourth-order valence-electron chi connectivity index (χ4n) is 1.36. The molecule has 1 aliphatic carbocycles. The van der Waals surface area contributed by atoms with E-state index in [-0.39, 0.29) is 18.3 Å². The zero-order valence-corrected chi connectivity index (χ0v) is 6.62. The minimum absolute atomic E-state index is 0.224. The molecule has 0 amide bonds. The van der Waals surface area contributed by atoms with Gasteiger partial charge >= 0.3 is 0 Å². The molecule has 2 nitrogen and oxygen atoms in total. The molecule has 0 saturated heterocycles. The molecule has 1 aliphatic rings. The second-order valence-corrected chi connectivity index (χ2v) is 2.96. The van der Waals surface area contributed by atoms with Gasteiger partial charge in [-0.1, -0.05) is 12.5 Å². The number of hydrogen-bond acceptors (Lipinski definition) is 2. The molecule has 0 aromatic heterocycles. The van der Waals surface area contributed by atoms with Crippen LogP contribution in [0, 0.1) is 5.92 Å². The molecule has 0 aromatic rings. The van der Waals surface area contributed by atoms with Gasteiger partial charge in [0, 0.05) is 12.5 Å². The Labute approximate surface area is 66.9 Å². The molecule has 1 rings (SSSR count). The van der Waals surface area contributed by atoms with E-state index in [0.717, 1.165) is 25.7 Å². The van der Waals surface area contributed by atoms with Gasteiger partial charge in [-0.15, -0.1) is 0 Å². The molecule has 0 heterocycles. The van der Waals surface area contributed by atoms with Crippen LogP contribution in [0.1, 0.15) is 25.7 Å². The Kier molecular flexibility index (Phi) is 3.30. The number of ketones is 1. The summed E-state index contributed by atoms with van der Waals surface area (Å²) in [5.74, 6) is 0.490. The van der Waals surface area contributed by atoms with Crippen molar-refractivity contribution < 1.29 is 9.90 Å². The first kappa shape index (κ1) is 8.47. The summed E-state index contributed by atoms with van der Waals surface area (Å²) in [5, 5.41) is 8.51. The third-order valence-electron chi connectivity index (χ3n) is 2.07. The Morgan fingerprint density at radius 3 is 2.91 bits per heavy atom. The lowest BCUT2D eigenvalue weighted by molar-refractivity contribution is -0.117. The van der Waals surface area contributed by atoms with Crippen LogP contribution in [-0.2, 0) is 4.79 Å². The summed E-state index contributed by atoms with van der Waals surface area (Å²) in [6, 6.07) is 0. The number of aliphatic hydroxyl groups excluding tert-OH is 1. The molecule has 0 aliphatic heterocycles. The van der Waals surface area contributed by atoms with Gasteiger partial charge in [0.2, 0.25) is 0 Å². The molecule has 0 bridgehead atoms. The molecule has 0 spiro atoms. The topological polar surface area (TPSA) is 37.3 Å². The molecule has 2 heteroatoms. The van der Waals surface area contributed by atoms with Gasteiger partial charge in [-0.3, -0.25) is 4.79 Å². The number of aliphatic hydroxyl groups is 1. The van der Waals surface area contributed by atoms with E-state index < -0.39 is 0 Å². The van der Waals surface area contributed by atoms with E-state index >= 15 is 0 Å². The fraction of sp³-hybridized carbons (Fsp3) is 0.667. The van der Waals surface area contributed by atoms with E-state index in [1.54, 1.807) is 6.08 Å². The van der Waals surface area contributed by atoms with E-state index in [1.165, 1.54) is 0 Å². The van der Waals surface area contributed by atoms with E-state index in [2.05, 4.69) is 0 Å². The van der Waals surface area contributed by atoms with Crippen LogP contribution in [0.4, 0.5) is 0 Å². The maximum absolute atomic E-state index is 11.0. The Balaban J connectivity index is 2.13. The summed E-state index contributed by atoms with van der Waals surface area (Å²) < 4.78 is 0.